The molecule has 2 aliphatic rings. The van der Waals surface area contributed by atoms with Crippen LogP contribution in [0.2, 0.25) is 0 Å². The van der Waals surface area contributed by atoms with Crippen molar-refractivity contribution in [1.82, 2.24) is 20.0 Å². The summed E-state index contributed by atoms with van der Waals surface area (Å²) < 4.78 is 0. The largest absolute Gasteiger partial charge is 0.377 e. The van der Waals surface area contributed by atoms with Crippen LogP contribution in [0.5, 0.6) is 0 Å². The molecule has 34 heavy (non-hydrogen) atoms. The van der Waals surface area contributed by atoms with Crippen molar-refractivity contribution in [2.24, 2.45) is 9.98 Å². The zero-order valence-corrected chi connectivity index (χ0v) is 22.2. The van der Waals surface area contributed by atoms with Crippen molar-refractivity contribution in [3.8, 4) is 0 Å². The second-order valence-corrected chi connectivity index (χ2v) is 9.36. The van der Waals surface area contributed by atoms with E-state index in [4.69, 9.17) is 4.99 Å². The van der Waals surface area contributed by atoms with Gasteiger partial charge in [0.05, 0.1) is 11.2 Å². The van der Waals surface area contributed by atoms with Crippen LogP contribution >= 0.6 is 11.8 Å². The van der Waals surface area contributed by atoms with Gasteiger partial charge in [0, 0.05) is 64.3 Å². The highest BCUT2D eigenvalue weighted by Crippen LogP contribution is 2.36. The van der Waals surface area contributed by atoms with Gasteiger partial charge in [-0.05, 0) is 39.0 Å². The number of carbonyl (C=O) groups excluding carboxylic acids is 1. The molecule has 1 N–H and O–H groups in total. The zero-order valence-electron chi connectivity index (χ0n) is 21.3. The summed E-state index contributed by atoms with van der Waals surface area (Å²) >= 11 is 1.41. The third-order valence-corrected chi connectivity index (χ3v) is 6.63. The summed E-state index contributed by atoms with van der Waals surface area (Å²) in [6, 6.07) is 0. The monoisotopic (exact) mass is 482 g/mol. The maximum Gasteiger partial charge on any atom is 0.270 e. The molecule has 8 heteroatoms. The van der Waals surface area contributed by atoms with E-state index in [-0.39, 0.29) is 12.1 Å². The number of carbonyl (C=O) groups is 1. The summed E-state index contributed by atoms with van der Waals surface area (Å²) in [7, 11) is 5.59. The molecule has 0 aromatic rings. The molecule has 0 bridgehead atoms. The fraction of sp³-hybridized carbons (Fsp3) is 0.423. The first kappa shape index (κ1) is 27.6. The second-order valence-electron chi connectivity index (χ2n) is 8.33. The van der Waals surface area contributed by atoms with E-state index in [0.29, 0.717) is 4.91 Å². The Morgan fingerprint density at radius 3 is 2.44 bits per heavy atom. The minimum absolute atomic E-state index is 0.0117. The van der Waals surface area contributed by atoms with Crippen molar-refractivity contribution in [2.45, 2.75) is 26.9 Å². The number of hydrogen-bond donors (Lipinski definition) is 1. The van der Waals surface area contributed by atoms with Gasteiger partial charge in [0.2, 0.25) is 0 Å². The Labute approximate surface area is 209 Å². The van der Waals surface area contributed by atoms with Crippen molar-refractivity contribution >= 4 is 29.1 Å². The highest BCUT2D eigenvalue weighted by Gasteiger charge is 2.30. The van der Waals surface area contributed by atoms with Gasteiger partial charge in [0.15, 0.2) is 0 Å². The molecule has 1 fully saturated rings. The van der Waals surface area contributed by atoms with Crippen LogP contribution in [0, 0.1) is 0 Å². The van der Waals surface area contributed by atoms with E-state index < -0.39 is 0 Å². The van der Waals surface area contributed by atoms with Gasteiger partial charge in [-0.25, -0.2) is 0 Å². The molecule has 7 nitrogen and oxygen atoms in total. The van der Waals surface area contributed by atoms with Crippen molar-refractivity contribution in [3.63, 3.8) is 0 Å². The SMILES string of the molecule is C=C/C(C)=C\C=C(/C)N(C=NC)C(=O)C1=CC(=C(/C=C)N(C)C)/C(=N\C(C)N2CCNCC2)S1. The van der Waals surface area contributed by atoms with Crippen LogP contribution in [0.4, 0.5) is 0 Å². The van der Waals surface area contributed by atoms with E-state index in [1.807, 2.05) is 57.1 Å². The maximum absolute atomic E-state index is 13.6. The van der Waals surface area contributed by atoms with E-state index in [2.05, 4.69) is 35.3 Å². The number of aliphatic imine (C=N–C) groups is 2. The molecule has 2 aliphatic heterocycles. The molecule has 1 amide bonds. The molecule has 1 unspecified atom stereocenters. The first-order valence-corrected chi connectivity index (χ1v) is 12.2. The maximum atomic E-state index is 13.6. The molecule has 1 saturated heterocycles. The van der Waals surface area contributed by atoms with Crippen LogP contribution in [0.1, 0.15) is 20.8 Å². The van der Waals surface area contributed by atoms with E-state index in [9.17, 15) is 4.79 Å². The standard InChI is InChI=1S/C26H38N6OS/c1-9-19(3)11-12-20(4)32(18-27-6)26(33)24-17-22(23(10-2)30(7)8)25(34-24)29-21(5)31-15-13-28-14-16-31/h9-12,17-18,21,28H,1-2,13-16H2,3-8H3/b19-11-,20-12+,23-22+,27-18?,29-25+. The Morgan fingerprint density at radius 1 is 1.21 bits per heavy atom. The predicted molar refractivity (Wildman–Crippen MR) is 147 cm³/mol. The van der Waals surface area contributed by atoms with Crippen LogP contribution in [-0.4, -0.2) is 85.5 Å². The molecular formula is C26H38N6OS. The lowest BCUT2D eigenvalue weighted by atomic mass is 10.1. The minimum Gasteiger partial charge on any atom is -0.377 e. The van der Waals surface area contributed by atoms with Gasteiger partial charge in [0.1, 0.15) is 11.2 Å². The highest BCUT2D eigenvalue weighted by atomic mass is 32.2. The van der Waals surface area contributed by atoms with Gasteiger partial charge in [-0.2, -0.15) is 0 Å². The van der Waals surface area contributed by atoms with Gasteiger partial charge in [-0.15, -0.1) is 0 Å². The molecule has 184 valence electrons. The third-order valence-electron chi connectivity index (χ3n) is 5.60. The van der Waals surface area contributed by atoms with Crippen molar-refractivity contribution in [1.29, 1.82) is 0 Å². The lowest BCUT2D eigenvalue weighted by Crippen LogP contribution is -2.47. The normalized spacial score (nSPS) is 21.5. The molecule has 0 aromatic heterocycles. The number of hydrogen-bond acceptors (Lipinski definition) is 7. The van der Waals surface area contributed by atoms with Gasteiger partial charge < -0.3 is 10.2 Å². The summed E-state index contributed by atoms with van der Waals surface area (Å²) in [6.07, 6.45) is 10.9. The number of nitrogens with one attached hydrogen (secondary N) is 1. The fourth-order valence-corrected chi connectivity index (χ4v) is 4.59. The van der Waals surface area contributed by atoms with E-state index in [1.54, 1.807) is 24.4 Å². The Kier molecular flexibility index (Phi) is 10.8. The van der Waals surface area contributed by atoms with Crippen LogP contribution in [0.15, 0.2) is 81.0 Å². The molecule has 1 atom stereocenters. The second kappa shape index (κ2) is 13.3. The quantitative estimate of drug-likeness (QED) is 0.308. The average molecular weight is 483 g/mol. The predicted octanol–water partition coefficient (Wildman–Crippen LogP) is 3.79. The smallest absolute Gasteiger partial charge is 0.270 e. The van der Waals surface area contributed by atoms with Gasteiger partial charge >= 0.3 is 0 Å². The van der Waals surface area contributed by atoms with Crippen molar-refractivity contribution in [2.75, 3.05) is 47.3 Å². The van der Waals surface area contributed by atoms with Crippen LogP contribution in [-0.2, 0) is 4.79 Å². The number of likely N-dealkylation sites (N-methyl/N-ethyl adjacent to an activating group) is 1. The van der Waals surface area contributed by atoms with Gasteiger partial charge in [0.25, 0.3) is 5.91 Å². The molecule has 2 heterocycles. The zero-order chi connectivity index (χ0) is 25.3. The van der Waals surface area contributed by atoms with E-state index in [0.717, 1.165) is 53.8 Å². The molecule has 2 rings (SSSR count). The molecule has 0 aliphatic carbocycles. The fourth-order valence-electron chi connectivity index (χ4n) is 3.55. The van der Waals surface area contributed by atoms with E-state index in [1.165, 1.54) is 11.8 Å². The van der Waals surface area contributed by atoms with Crippen LogP contribution < -0.4 is 5.32 Å². The Morgan fingerprint density at radius 2 is 1.88 bits per heavy atom. The molecular weight excluding hydrogens is 444 g/mol. The molecule has 0 aromatic carbocycles. The van der Waals surface area contributed by atoms with Crippen molar-refractivity contribution < 1.29 is 4.79 Å². The summed E-state index contributed by atoms with van der Waals surface area (Å²) in [5, 5.41) is 4.21. The summed E-state index contributed by atoms with van der Waals surface area (Å²) in [4.78, 5) is 29.2. The number of piperazine rings is 1. The Balaban J connectivity index is 2.45. The van der Waals surface area contributed by atoms with Crippen LogP contribution in [0.25, 0.3) is 0 Å². The summed E-state index contributed by atoms with van der Waals surface area (Å²) in [5.41, 5.74) is 3.61. The lowest BCUT2D eigenvalue weighted by molar-refractivity contribution is -0.121. The Bertz CT molecular complexity index is 964. The highest BCUT2D eigenvalue weighted by molar-refractivity contribution is 8.18. The number of amides is 1. The first-order valence-electron chi connectivity index (χ1n) is 11.4. The minimum atomic E-state index is -0.145. The van der Waals surface area contributed by atoms with Crippen molar-refractivity contribution in [3.05, 3.63) is 71.0 Å². The first-order chi connectivity index (χ1) is 16.2. The average Bonchev–Trinajstić information content (AvgIpc) is 3.24. The number of allylic oxidation sites excluding steroid dienone is 7. The molecule has 0 spiro atoms. The molecule has 0 saturated carbocycles. The summed E-state index contributed by atoms with van der Waals surface area (Å²) in [5.74, 6) is -0.145. The van der Waals surface area contributed by atoms with Gasteiger partial charge in [-0.1, -0.05) is 42.6 Å². The van der Waals surface area contributed by atoms with Gasteiger partial charge in [-0.3, -0.25) is 24.6 Å². The number of nitrogens with zero attached hydrogens (tertiary/aromatic N) is 5. The Hall–Kier alpha value is -2.68. The van der Waals surface area contributed by atoms with E-state index >= 15 is 0 Å². The lowest BCUT2D eigenvalue weighted by Gasteiger charge is -2.30. The van der Waals surface area contributed by atoms with Crippen LogP contribution in [0.3, 0.4) is 0 Å². The molecule has 0 radical (unpaired) electrons. The summed E-state index contributed by atoms with van der Waals surface area (Å²) in [6.45, 7) is 17.5. The number of thioether (sulfide) groups is 1. The number of rotatable bonds is 9. The third kappa shape index (κ3) is 7.16. The topological polar surface area (TPSA) is 63.5 Å².